The summed E-state index contributed by atoms with van der Waals surface area (Å²) in [5.41, 5.74) is 2.28. The van der Waals surface area contributed by atoms with E-state index in [2.05, 4.69) is 31.9 Å². The fraction of sp³-hybridized carbons (Fsp3) is 0.238. The average molecular weight is 399 g/mol. The summed E-state index contributed by atoms with van der Waals surface area (Å²) in [5, 5.41) is 4.88. The van der Waals surface area contributed by atoms with Gasteiger partial charge in [-0.3, -0.25) is 0 Å². The standard InChI is InChI=1S/C21H23ClN4S/c22-20-10-5-4-9-19(20)16-26(13-6-12-25-14-11-23-17-25)21(27)24-15-18-7-2-1-3-8-18/h1-5,7-11,14,17H,6,12-13,15-16H2,(H,24,27). The Kier molecular flexibility index (Phi) is 7.25. The molecule has 0 aliphatic rings. The lowest BCUT2D eigenvalue weighted by atomic mass is 10.2. The highest BCUT2D eigenvalue weighted by Crippen LogP contribution is 2.17. The molecule has 27 heavy (non-hydrogen) atoms. The maximum absolute atomic E-state index is 6.36. The number of hydrogen-bond donors (Lipinski definition) is 1. The molecule has 3 rings (SSSR count). The summed E-state index contributed by atoms with van der Waals surface area (Å²) in [7, 11) is 0. The minimum absolute atomic E-state index is 0.685. The first-order valence-electron chi connectivity index (χ1n) is 8.98. The molecule has 1 N–H and O–H groups in total. The van der Waals surface area contributed by atoms with Gasteiger partial charge in [-0.05, 0) is 35.8 Å². The lowest BCUT2D eigenvalue weighted by Crippen LogP contribution is -2.39. The van der Waals surface area contributed by atoms with Crippen molar-refractivity contribution in [3.8, 4) is 0 Å². The van der Waals surface area contributed by atoms with Gasteiger partial charge >= 0.3 is 0 Å². The second kappa shape index (κ2) is 10.1. The Hall–Kier alpha value is -2.37. The molecule has 0 saturated heterocycles. The molecule has 140 valence electrons. The van der Waals surface area contributed by atoms with E-state index in [-0.39, 0.29) is 0 Å². The molecule has 0 radical (unpaired) electrons. The maximum atomic E-state index is 6.36. The number of halogens is 1. The summed E-state index contributed by atoms with van der Waals surface area (Å²) in [6.07, 6.45) is 6.58. The van der Waals surface area contributed by atoms with E-state index < -0.39 is 0 Å². The first-order valence-corrected chi connectivity index (χ1v) is 9.77. The van der Waals surface area contributed by atoms with Gasteiger partial charge in [-0.25, -0.2) is 4.98 Å². The van der Waals surface area contributed by atoms with Crippen LogP contribution in [0.1, 0.15) is 17.5 Å². The average Bonchev–Trinajstić information content (AvgIpc) is 3.21. The monoisotopic (exact) mass is 398 g/mol. The van der Waals surface area contributed by atoms with Crippen molar-refractivity contribution in [1.82, 2.24) is 19.8 Å². The molecule has 0 amide bonds. The van der Waals surface area contributed by atoms with Crippen molar-refractivity contribution in [1.29, 1.82) is 0 Å². The van der Waals surface area contributed by atoms with Crippen LogP contribution in [0, 0.1) is 0 Å². The van der Waals surface area contributed by atoms with E-state index in [1.807, 2.05) is 55.0 Å². The van der Waals surface area contributed by atoms with Gasteiger partial charge in [-0.1, -0.05) is 60.1 Å². The van der Waals surface area contributed by atoms with Crippen molar-refractivity contribution >= 4 is 28.9 Å². The van der Waals surface area contributed by atoms with Gasteiger partial charge in [0.2, 0.25) is 0 Å². The van der Waals surface area contributed by atoms with Gasteiger partial charge in [-0.15, -0.1) is 0 Å². The van der Waals surface area contributed by atoms with Crippen LogP contribution < -0.4 is 5.32 Å². The molecule has 2 aromatic carbocycles. The number of benzene rings is 2. The fourth-order valence-electron chi connectivity index (χ4n) is 2.83. The summed E-state index contributed by atoms with van der Waals surface area (Å²) in [6.45, 7) is 3.13. The molecule has 0 spiro atoms. The maximum Gasteiger partial charge on any atom is 0.169 e. The molecule has 0 aliphatic carbocycles. The van der Waals surface area contributed by atoms with Crippen LogP contribution in [0.5, 0.6) is 0 Å². The minimum Gasteiger partial charge on any atom is -0.358 e. The summed E-state index contributed by atoms with van der Waals surface area (Å²) < 4.78 is 2.08. The Balaban J connectivity index is 1.62. The largest absolute Gasteiger partial charge is 0.358 e. The second-order valence-electron chi connectivity index (χ2n) is 6.31. The molecule has 0 unspecified atom stereocenters. The smallest absolute Gasteiger partial charge is 0.169 e. The Morgan fingerprint density at radius 3 is 2.63 bits per heavy atom. The van der Waals surface area contributed by atoms with Crippen molar-refractivity contribution < 1.29 is 0 Å². The van der Waals surface area contributed by atoms with E-state index >= 15 is 0 Å². The zero-order chi connectivity index (χ0) is 18.9. The van der Waals surface area contributed by atoms with Gasteiger partial charge in [-0.2, -0.15) is 0 Å². The summed E-state index contributed by atoms with van der Waals surface area (Å²) in [4.78, 5) is 6.27. The highest BCUT2D eigenvalue weighted by Gasteiger charge is 2.12. The number of aryl methyl sites for hydroxylation is 1. The van der Waals surface area contributed by atoms with Crippen LogP contribution in [0.2, 0.25) is 5.02 Å². The molecule has 1 heterocycles. The van der Waals surface area contributed by atoms with Crippen molar-refractivity contribution in [3.63, 3.8) is 0 Å². The first kappa shape index (κ1) is 19.4. The van der Waals surface area contributed by atoms with Crippen LogP contribution in [0.3, 0.4) is 0 Å². The molecule has 3 aromatic rings. The topological polar surface area (TPSA) is 33.1 Å². The molecular formula is C21H23ClN4S. The predicted octanol–water partition coefficient (Wildman–Crippen LogP) is 4.50. The van der Waals surface area contributed by atoms with Gasteiger partial charge in [0.1, 0.15) is 0 Å². The highest BCUT2D eigenvalue weighted by atomic mass is 35.5. The van der Waals surface area contributed by atoms with E-state index in [1.54, 1.807) is 6.20 Å². The molecule has 1 aromatic heterocycles. The summed E-state index contributed by atoms with van der Waals surface area (Å²) in [6, 6.07) is 18.2. The molecule has 0 bridgehead atoms. The fourth-order valence-corrected chi connectivity index (χ4v) is 3.26. The zero-order valence-corrected chi connectivity index (χ0v) is 16.7. The van der Waals surface area contributed by atoms with E-state index in [0.717, 1.165) is 35.2 Å². The van der Waals surface area contributed by atoms with Crippen molar-refractivity contribution in [2.75, 3.05) is 6.54 Å². The number of rotatable bonds is 8. The second-order valence-corrected chi connectivity index (χ2v) is 7.11. The Labute approximate surface area is 170 Å². The highest BCUT2D eigenvalue weighted by molar-refractivity contribution is 7.80. The van der Waals surface area contributed by atoms with Crippen molar-refractivity contribution in [3.05, 3.63) is 89.5 Å². The van der Waals surface area contributed by atoms with Gasteiger partial charge in [0, 0.05) is 43.6 Å². The van der Waals surface area contributed by atoms with Crippen molar-refractivity contribution in [2.45, 2.75) is 26.1 Å². The molecule has 4 nitrogen and oxygen atoms in total. The van der Waals surface area contributed by atoms with Crippen molar-refractivity contribution in [2.24, 2.45) is 0 Å². The van der Waals surface area contributed by atoms with Gasteiger partial charge in [0.15, 0.2) is 5.11 Å². The quantitative estimate of drug-likeness (QED) is 0.566. The summed E-state index contributed by atoms with van der Waals surface area (Å²) >= 11 is 12.0. The lowest BCUT2D eigenvalue weighted by Gasteiger charge is -2.26. The zero-order valence-electron chi connectivity index (χ0n) is 15.1. The normalized spacial score (nSPS) is 10.6. The van der Waals surface area contributed by atoms with Crippen LogP contribution in [0.25, 0.3) is 0 Å². The molecular weight excluding hydrogens is 376 g/mol. The molecule has 0 saturated carbocycles. The molecule has 0 aliphatic heterocycles. The van der Waals surface area contributed by atoms with Crippen LogP contribution in [0.15, 0.2) is 73.3 Å². The third-order valence-electron chi connectivity index (χ3n) is 4.30. The summed E-state index contributed by atoms with van der Waals surface area (Å²) in [5.74, 6) is 0. The van der Waals surface area contributed by atoms with Crippen LogP contribution in [-0.4, -0.2) is 26.1 Å². The number of nitrogens with one attached hydrogen (secondary N) is 1. The van der Waals surface area contributed by atoms with E-state index in [4.69, 9.17) is 23.8 Å². The SMILES string of the molecule is S=C(NCc1ccccc1)N(CCCn1ccnc1)Cc1ccccc1Cl. The van der Waals surface area contributed by atoms with Crippen LogP contribution in [-0.2, 0) is 19.6 Å². The van der Waals surface area contributed by atoms with Crippen LogP contribution in [0.4, 0.5) is 0 Å². The Morgan fingerprint density at radius 2 is 1.89 bits per heavy atom. The van der Waals surface area contributed by atoms with E-state index in [1.165, 1.54) is 5.56 Å². The first-order chi connectivity index (χ1) is 13.2. The van der Waals surface area contributed by atoms with E-state index in [9.17, 15) is 0 Å². The number of aromatic nitrogens is 2. The third kappa shape index (κ3) is 6.08. The predicted molar refractivity (Wildman–Crippen MR) is 115 cm³/mol. The number of thiocarbonyl (C=S) groups is 1. The Bertz CT molecular complexity index is 836. The van der Waals surface area contributed by atoms with E-state index in [0.29, 0.717) is 13.1 Å². The third-order valence-corrected chi connectivity index (χ3v) is 5.07. The molecule has 0 fully saturated rings. The van der Waals surface area contributed by atoms with Gasteiger partial charge in [0.05, 0.1) is 6.33 Å². The van der Waals surface area contributed by atoms with Gasteiger partial charge < -0.3 is 14.8 Å². The van der Waals surface area contributed by atoms with Crippen LogP contribution >= 0.6 is 23.8 Å². The number of hydrogen-bond acceptors (Lipinski definition) is 2. The molecule has 0 atom stereocenters. The number of nitrogens with zero attached hydrogens (tertiary/aromatic N) is 3. The van der Waals surface area contributed by atoms with Gasteiger partial charge in [0.25, 0.3) is 0 Å². The molecule has 6 heteroatoms. The Morgan fingerprint density at radius 1 is 1.11 bits per heavy atom. The minimum atomic E-state index is 0.685. The lowest BCUT2D eigenvalue weighted by molar-refractivity contribution is 0.384. The number of imidazole rings is 1.